The van der Waals surface area contributed by atoms with E-state index in [-0.39, 0.29) is 0 Å². The van der Waals surface area contributed by atoms with E-state index in [1.165, 1.54) is 48.1 Å². The second-order valence-corrected chi connectivity index (χ2v) is 4.98. The molecule has 0 aromatic heterocycles. The lowest BCUT2D eigenvalue weighted by Crippen LogP contribution is -2.36. The largest absolute Gasteiger partial charge is 0.340 e. The highest BCUT2D eigenvalue weighted by Crippen LogP contribution is 2.40. The van der Waals surface area contributed by atoms with Crippen molar-refractivity contribution >= 4 is 0 Å². The molecular weight excluding hydrogens is 194 g/mol. The molecule has 1 unspecified atom stereocenters. The first-order valence-electron chi connectivity index (χ1n) is 6.21. The van der Waals surface area contributed by atoms with Gasteiger partial charge < -0.3 is 4.90 Å². The van der Waals surface area contributed by atoms with Crippen molar-refractivity contribution in [2.75, 3.05) is 0 Å². The van der Waals surface area contributed by atoms with Crippen LogP contribution in [0.2, 0.25) is 0 Å². The van der Waals surface area contributed by atoms with E-state index in [4.69, 9.17) is 0 Å². The van der Waals surface area contributed by atoms with Crippen molar-refractivity contribution in [3.05, 3.63) is 59.0 Å². The Bertz CT molecular complexity index is 500. The molecule has 16 heavy (non-hydrogen) atoms. The number of hydrogen-bond acceptors (Lipinski definition) is 1. The smallest absolute Gasteiger partial charge is 0.0523 e. The Morgan fingerprint density at radius 1 is 1.19 bits per heavy atom. The molecule has 2 bridgehead atoms. The summed E-state index contributed by atoms with van der Waals surface area (Å²) in [4.78, 5) is 2.47. The normalized spacial score (nSPS) is 30.0. The highest BCUT2D eigenvalue weighted by Gasteiger charge is 2.30. The van der Waals surface area contributed by atoms with E-state index in [2.05, 4.69) is 41.5 Å². The van der Waals surface area contributed by atoms with Gasteiger partial charge in [0.25, 0.3) is 0 Å². The molecule has 0 aromatic rings. The molecule has 0 fully saturated rings. The van der Waals surface area contributed by atoms with Gasteiger partial charge in [0.15, 0.2) is 0 Å². The van der Waals surface area contributed by atoms with Crippen LogP contribution in [0, 0.1) is 0 Å². The second-order valence-electron chi connectivity index (χ2n) is 4.98. The molecule has 0 amide bonds. The highest BCUT2D eigenvalue weighted by molar-refractivity contribution is 5.54. The minimum Gasteiger partial charge on any atom is -0.340 e. The molecule has 1 nitrogen and oxygen atoms in total. The van der Waals surface area contributed by atoms with Gasteiger partial charge in [0, 0.05) is 11.9 Å². The minimum atomic E-state index is 0.605. The summed E-state index contributed by atoms with van der Waals surface area (Å²) in [6.45, 7) is 0. The summed E-state index contributed by atoms with van der Waals surface area (Å²) in [7, 11) is 0. The van der Waals surface area contributed by atoms with Gasteiger partial charge in [-0.2, -0.15) is 0 Å². The van der Waals surface area contributed by atoms with Gasteiger partial charge in [-0.15, -0.1) is 0 Å². The number of allylic oxidation sites excluding steroid dienone is 7. The maximum atomic E-state index is 2.47. The molecular formula is C15H15N. The van der Waals surface area contributed by atoms with Gasteiger partial charge in [-0.3, -0.25) is 0 Å². The molecule has 0 saturated heterocycles. The Morgan fingerprint density at radius 2 is 2.19 bits per heavy atom. The molecule has 5 rings (SSSR count). The molecule has 0 aromatic carbocycles. The van der Waals surface area contributed by atoms with Crippen LogP contribution in [0.1, 0.15) is 25.7 Å². The Hall–Kier alpha value is -1.50. The van der Waals surface area contributed by atoms with Gasteiger partial charge in [-0.1, -0.05) is 24.3 Å². The summed E-state index contributed by atoms with van der Waals surface area (Å²) < 4.78 is 0. The van der Waals surface area contributed by atoms with Crippen molar-refractivity contribution in [3.8, 4) is 0 Å². The van der Waals surface area contributed by atoms with Gasteiger partial charge in [-0.25, -0.2) is 0 Å². The summed E-state index contributed by atoms with van der Waals surface area (Å²) in [5, 5.41) is 0. The fourth-order valence-corrected chi connectivity index (χ4v) is 3.13. The Kier molecular flexibility index (Phi) is 1.62. The van der Waals surface area contributed by atoms with Crippen molar-refractivity contribution in [3.63, 3.8) is 0 Å². The zero-order chi connectivity index (χ0) is 10.5. The molecule has 80 valence electrons. The van der Waals surface area contributed by atoms with Crippen LogP contribution in [-0.2, 0) is 0 Å². The van der Waals surface area contributed by atoms with Gasteiger partial charge in [0.05, 0.1) is 6.04 Å². The predicted octanol–water partition coefficient (Wildman–Crippen LogP) is 3.45. The summed E-state index contributed by atoms with van der Waals surface area (Å²) in [6.07, 6.45) is 19.0. The van der Waals surface area contributed by atoms with E-state index < -0.39 is 0 Å². The van der Waals surface area contributed by atoms with Crippen molar-refractivity contribution in [2.24, 2.45) is 0 Å². The summed E-state index contributed by atoms with van der Waals surface area (Å²) in [5.74, 6) is 0. The van der Waals surface area contributed by atoms with Crippen LogP contribution in [0.5, 0.6) is 0 Å². The highest BCUT2D eigenvalue weighted by atomic mass is 15.2. The van der Waals surface area contributed by atoms with Crippen molar-refractivity contribution in [2.45, 2.75) is 31.7 Å². The summed E-state index contributed by atoms with van der Waals surface area (Å²) >= 11 is 0. The third kappa shape index (κ3) is 1.06. The van der Waals surface area contributed by atoms with E-state index in [1.54, 1.807) is 0 Å². The lowest BCUT2D eigenvalue weighted by molar-refractivity contribution is 0.343. The fraction of sp³-hybridized carbons (Fsp3) is 0.333. The Labute approximate surface area is 96.1 Å². The molecule has 3 aliphatic heterocycles. The van der Waals surface area contributed by atoms with Crippen molar-refractivity contribution in [1.82, 2.24) is 4.90 Å². The van der Waals surface area contributed by atoms with E-state index in [0.717, 1.165) is 0 Å². The van der Waals surface area contributed by atoms with Gasteiger partial charge in [-0.05, 0) is 48.5 Å². The fourth-order valence-electron chi connectivity index (χ4n) is 3.13. The standard InChI is InChI=1S/C15H15N/c1-2-4-13-10-16-14-7-5-11(6-8-14)15(16)9-12(13)3-1/h2,4-5,7,9-10,14H,1,3,6,8H2. The lowest BCUT2D eigenvalue weighted by atomic mass is 9.84. The van der Waals surface area contributed by atoms with Crippen LogP contribution in [0.3, 0.4) is 0 Å². The minimum absolute atomic E-state index is 0.605. The molecule has 3 heterocycles. The zero-order valence-corrected chi connectivity index (χ0v) is 9.32. The maximum absolute atomic E-state index is 2.47. The van der Waals surface area contributed by atoms with Crippen LogP contribution >= 0.6 is 0 Å². The summed E-state index contributed by atoms with van der Waals surface area (Å²) in [5.41, 5.74) is 5.95. The SMILES string of the molecule is C1=CC2=CN3C(=C4C=CC3CC4)C=C2CC1. The first-order chi connectivity index (χ1) is 7.92. The van der Waals surface area contributed by atoms with Gasteiger partial charge in [0.1, 0.15) is 0 Å². The van der Waals surface area contributed by atoms with Crippen molar-refractivity contribution < 1.29 is 0 Å². The predicted molar refractivity (Wildman–Crippen MR) is 65.6 cm³/mol. The van der Waals surface area contributed by atoms with Gasteiger partial charge in [0.2, 0.25) is 0 Å². The first kappa shape index (κ1) is 8.63. The molecule has 0 spiro atoms. The van der Waals surface area contributed by atoms with E-state index in [1.807, 2.05) is 0 Å². The third-order valence-electron chi connectivity index (χ3n) is 4.03. The number of fused-ring (bicyclic) bond motifs is 2. The zero-order valence-electron chi connectivity index (χ0n) is 9.32. The Morgan fingerprint density at radius 3 is 3.06 bits per heavy atom. The molecule has 1 atom stereocenters. The topological polar surface area (TPSA) is 3.24 Å². The molecule has 2 aliphatic carbocycles. The molecule has 5 aliphatic rings. The van der Waals surface area contributed by atoms with E-state index in [9.17, 15) is 0 Å². The average molecular weight is 209 g/mol. The number of rotatable bonds is 0. The van der Waals surface area contributed by atoms with E-state index >= 15 is 0 Å². The maximum Gasteiger partial charge on any atom is 0.0523 e. The molecule has 0 saturated carbocycles. The molecule has 0 radical (unpaired) electrons. The summed E-state index contributed by atoms with van der Waals surface area (Å²) in [6, 6.07) is 0.605. The lowest BCUT2D eigenvalue weighted by Gasteiger charge is -2.42. The third-order valence-corrected chi connectivity index (χ3v) is 4.03. The number of nitrogens with zero attached hydrogens (tertiary/aromatic N) is 1. The monoisotopic (exact) mass is 209 g/mol. The van der Waals surface area contributed by atoms with Crippen LogP contribution in [-0.4, -0.2) is 10.9 Å². The van der Waals surface area contributed by atoms with Crippen LogP contribution in [0.4, 0.5) is 0 Å². The quantitative estimate of drug-likeness (QED) is 0.590. The molecule has 1 heteroatoms. The van der Waals surface area contributed by atoms with Crippen molar-refractivity contribution in [1.29, 1.82) is 0 Å². The van der Waals surface area contributed by atoms with Gasteiger partial charge >= 0.3 is 0 Å². The second kappa shape index (κ2) is 3.00. The number of hydrogen-bond donors (Lipinski definition) is 0. The van der Waals surface area contributed by atoms with Crippen LogP contribution in [0.25, 0.3) is 0 Å². The van der Waals surface area contributed by atoms with Crippen LogP contribution < -0.4 is 0 Å². The first-order valence-corrected chi connectivity index (χ1v) is 6.21. The average Bonchev–Trinajstić information content (AvgIpc) is 2.38. The Balaban J connectivity index is 1.89. The molecule has 0 N–H and O–H groups in total. The van der Waals surface area contributed by atoms with Crippen LogP contribution in [0.15, 0.2) is 59.0 Å². The van der Waals surface area contributed by atoms with E-state index in [0.29, 0.717) is 6.04 Å².